The summed E-state index contributed by atoms with van der Waals surface area (Å²) in [4.78, 5) is 0. The fourth-order valence-electron chi connectivity index (χ4n) is 2.28. The number of rotatable bonds is 4. The highest BCUT2D eigenvalue weighted by molar-refractivity contribution is 7.91. The van der Waals surface area contributed by atoms with Crippen LogP contribution >= 0.6 is 0 Å². The zero-order valence-corrected chi connectivity index (χ0v) is 12.4. The topological polar surface area (TPSA) is 65.1 Å². The minimum Gasteiger partial charge on any atom is -0.350 e. The van der Waals surface area contributed by atoms with Gasteiger partial charge in [0, 0.05) is 30.7 Å². The van der Waals surface area contributed by atoms with E-state index in [2.05, 4.69) is 0 Å². The maximum atomic E-state index is 12.1. The maximum Gasteiger partial charge on any atom is 0.156 e. The van der Waals surface area contributed by atoms with Crippen LogP contribution in [0, 0.1) is 0 Å². The molecule has 1 aromatic heterocycles. The molecule has 0 fully saturated rings. The largest absolute Gasteiger partial charge is 0.350 e. The predicted octanol–water partition coefficient (Wildman–Crippen LogP) is 1.96. The van der Waals surface area contributed by atoms with E-state index in [1.807, 2.05) is 36.0 Å². The summed E-state index contributed by atoms with van der Waals surface area (Å²) >= 11 is 0. The summed E-state index contributed by atoms with van der Waals surface area (Å²) in [6.45, 7) is 3.84. The molecule has 0 aliphatic carbocycles. The number of sulfone groups is 1. The second-order valence-corrected chi connectivity index (χ2v) is 7.69. The van der Waals surface area contributed by atoms with Crippen LogP contribution in [-0.2, 0) is 29.2 Å². The number of benzene rings is 1. The van der Waals surface area contributed by atoms with Crippen LogP contribution in [0.1, 0.15) is 25.0 Å². The third kappa shape index (κ3) is 2.53. The molecule has 2 N–H and O–H groups in total. The van der Waals surface area contributed by atoms with Crippen LogP contribution < -0.4 is 5.73 Å². The molecule has 5 heteroatoms. The zero-order valence-electron chi connectivity index (χ0n) is 11.6. The number of aryl methyl sites for hydroxylation is 1. The predicted molar refractivity (Wildman–Crippen MR) is 78.6 cm³/mol. The van der Waals surface area contributed by atoms with Crippen molar-refractivity contribution in [3.8, 4) is 0 Å². The Morgan fingerprint density at radius 3 is 2.53 bits per heavy atom. The maximum absolute atomic E-state index is 12.1. The first kappa shape index (κ1) is 14.1. The summed E-state index contributed by atoms with van der Waals surface area (Å²) < 4.78 is 26.2. The van der Waals surface area contributed by atoms with Gasteiger partial charge in [-0.25, -0.2) is 8.42 Å². The van der Waals surface area contributed by atoms with Crippen molar-refractivity contribution in [3.63, 3.8) is 0 Å². The van der Waals surface area contributed by atoms with Gasteiger partial charge in [0.05, 0.1) is 11.0 Å². The molecule has 0 saturated carbocycles. The van der Waals surface area contributed by atoms with Gasteiger partial charge in [0.1, 0.15) is 0 Å². The lowest BCUT2D eigenvalue weighted by Gasteiger charge is -2.08. The molecule has 0 saturated heterocycles. The highest BCUT2D eigenvalue weighted by Gasteiger charge is 2.20. The molecule has 2 rings (SSSR count). The van der Waals surface area contributed by atoms with Gasteiger partial charge in [-0.1, -0.05) is 12.1 Å². The summed E-state index contributed by atoms with van der Waals surface area (Å²) in [6, 6.07) is 5.89. The number of aromatic nitrogens is 1. The van der Waals surface area contributed by atoms with Gasteiger partial charge in [0.2, 0.25) is 0 Å². The first-order valence-corrected chi connectivity index (χ1v) is 8.05. The van der Waals surface area contributed by atoms with Gasteiger partial charge in [0.25, 0.3) is 0 Å². The fraction of sp³-hybridized carbons (Fsp3) is 0.429. The molecule has 0 radical (unpaired) electrons. The van der Waals surface area contributed by atoms with Crippen LogP contribution in [0.4, 0.5) is 0 Å². The normalized spacial score (nSPS) is 12.5. The smallest absolute Gasteiger partial charge is 0.156 e. The molecule has 0 bridgehead atoms. The highest BCUT2D eigenvalue weighted by Crippen LogP contribution is 2.26. The molecule has 0 aliphatic heterocycles. The number of hydrogen-bond acceptors (Lipinski definition) is 3. The van der Waals surface area contributed by atoms with Crippen LogP contribution in [-0.4, -0.2) is 18.2 Å². The Morgan fingerprint density at radius 1 is 1.26 bits per heavy atom. The summed E-state index contributed by atoms with van der Waals surface area (Å²) in [5, 5.41) is 0.615. The average Bonchev–Trinajstić information content (AvgIpc) is 2.65. The van der Waals surface area contributed by atoms with Crippen LogP contribution in [0.2, 0.25) is 0 Å². The van der Waals surface area contributed by atoms with E-state index >= 15 is 0 Å². The molecule has 2 aromatic rings. The zero-order chi connectivity index (χ0) is 14.2. The quantitative estimate of drug-likeness (QED) is 0.931. The first-order valence-electron chi connectivity index (χ1n) is 6.34. The molecular formula is C14H20N2O2S. The Balaban J connectivity index is 2.62. The highest BCUT2D eigenvalue weighted by atomic mass is 32.2. The van der Waals surface area contributed by atoms with Crippen molar-refractivity contribution in [3.05, 3.63) is 35.5 Å². The molecule has 1 heterocycles. The monoisotopic (exact) mass is 280 g/mol. The van der Waals surface area contributed by atoms with Gasteiger partial charge < -0.3 is 10.3 Å². The number of fused-ring (bicyclic) bond motifs is 1. The Morgan fingerprint density at radius 2 is 1.95 bits per heavy atom. The SMILES string of the molecule is CC(C)S(=O)(=O)Cc1cn(C)c2cccc(CN)c12. The van der Waals surface area contributed by atoms with Gasteiger partial charge in [-0.2, -0.15) is 0 Å². The van der Waals surface area contributed by atoms with Crippen molar-refractivity contribution in [2.45, 2.75) is 31.4 Å². The first-order chi connectivity index (χ1) is 8.86. The summed E-state index contributed by atoms with van der Waals surface area (Å²) in [5.41, 5.74) is 8.62. The van der Waals surface area contributed by atoms with E-state index in [1.54, 1.807) is 13.8 Å². The summed E-state index contributed by atoms with van der Waals surface area (Å²) in [6.07, 6.45) is 1.89. The lowest BCUT2D eigenvalue weighted by Crippen LogP contribution is -2.16. The third-order valence-electron chi connectivity index (χ3n) is 3.47. The molecule has 0 atom stereocenters. The lowest BCUT2D eigenvalue weighted by atomic mass is 10.1. The van der Waals surface area contributed by atoms with Gasteiger partial charge in [0.15, 0.2) is 9.84 Å². The van der Waals surface area contributed by atoms with Crippen molar-refractivity contribution in [1.29, 1.82) is 0 Å². The molecule has 0 unspecified atom stereocenters. The lowest BCUT2D eigenvalue weighted by molar-refractivity contribution is 0.586. The van der Waals surface area contributed by atoms with Crippen molar-refractivity contribution < 1.29 is 8.42 Å². The molecule has 0 amide bonds. The fourth-order valence-corrected chi connectivity index (χ4v) is 3.27. The number of hydrogen-bond donors (Lipinski definition) is 1. The molecule has 4 nitrogen and oxygen atoms in total. The summed E-state index contributed by atoms with van der Waals surface area (Å²) in [7, 11) is -1.18. The third-order valence-corrected chi connectivity index (χ3v) is 5.62. The van der Waals surface area contributed by atoms with E-state index in [-0.39, 0.29) is 11.0 Å². The van der Waals surface area contributed by atoms with Crippen LogP contribution in [0.15, 0.2) is 24.4 Å². The van der Waals surface area contributed by atoms with Crippen LogP contribution in [0.3, 0.4) is 0 Å². The molecule has 0 spiro atoms. The molecule has 1 aromatic carbocycles. The Kier molecular flexibility index (Phi) is 3.69. The van der Waals surface area contributed by atoms with E-state index in [0.29, 0.717) is 6.54 Å². The van der Waals surface area contributed by atoms with E-state index < -0.39 is 9.84 Å². The molecule has 19 heavy (non-hydrogen) atoms. The Hall–Kier alpha value is -1.33. The van der Waals surface area contributed by atoms with Crippen molar-refractivity contribution >= 4 is 20.7 Å². The van der Waals surface area contributed by atoms with Crippen molar-refractivity contribution in [1.82, 2.24) is 4.57 Å². The summed E-state index contributed by atoms with van der Waals surface area (Å²) in [5.74, 6) is 0.0685. The second kappa shape index (κ2) is 4.98. The second-order valence-electron chi connectivity index (χ2n) is 5.14. The number of nitrogens with zero attached hydrogens (tertiary/aromatic N) is 1. The van der Waals surface area contributed by atoms with Crippen LogP contribution in [0.25, 0.3) is 10.9 Å². The van der Waals surface area contributed by atoms with E-state index in [9.17, 15) is 8.42 Å². The molecule has 0 aliphatic rings. The Bertz CT molecular complexity index is 700. The average molecular weight is 280 g/mol. The number of nitrogens with two attached hydrogens (primary N) is 1. The van der Waals surface area contributed by atoms with Crippen LogP contribution in [0.5, 0.6) is 0 Å². The minimum atomic E-state index is -3.11. The van der Waals surface area contributed by atoms with Gasteiger partial charge in [-0.3, -0.25) is 0 Å². The Labute approximate surface area is 114 Å². The van der Waals surface area contributed by atoms with Crippen molar-refractivity contribution in [2.24, 2.45) is 12.8 Å². The van der Waals surface area contributed by atoms with E-state index in [1.165, 1.54) is 0 Å². The molecule has 104 valence electrons. The van der Waals surface area contributed by atoms with Gasteiger partial charge in [-0.15, -0.1) is 0 Å². The molecular weight excluding hydrogens is 260 g/mol. The van der Waals surface area contributed by atoms with E-state index in [0.717, 1.165) is 22.0 Å². The van der Waals surface area contributed by atoms with Gasteiger partial charge in [-0.05, 0) is 31.0 Å². The minimum absolute atomic E-state index is 0.0685. The van der Waals surface area contributed by atoms with E-state index in [4.69, 9.17) is 5.73 Å². The van der Waals surface area contributed by atoms with Gasteiger partial charge >= 0.3 is 0 Å². The standard InChI is InChI=1S/C14H20N2O2S/c1-10(2)19(17,18)9-12-8-16(3)13-6-4-5-11(7-15)14(12)13/h4-6,8,10H,7,9,15H2,1-3H3. The van der Waals surface area contributed by atoms with Crippen molar-refractivity contribution in [2.75, 3.05) is 0 Å².